The van der Waals surface area contributed by atoms with Gasteiger partial charge in [0.15, 0.2) is 16.6 Å². The number of aromatic nitrogens is 2. The third kappa shape index (κ3) is 2.39. The Hall–Kier alpha value is -1.96. The van der Waals surface area contributed by atoms with Crippen molar-refractivity contribution in [2.24, 2.45) is 24.4 Å². The molecule has 3 rings (SSSR count). The van der Waals surface area contributed by atoms with Gasteiger partial charge in [-0.15, -0.1) is 0 Å². The number of rotatable bonds is 4. The summed E-state index contributed by atoms with van der Waals surface area (Å²) >= 11 is 0. The Kier molecular flexibility index (Phi) is 3.01. The molecule has 1 saturated carbocycles. The zero-order valence-electron chi connectivity index (χ0n) is 12.2. The largest absolute Gasteiger partial charge is 0.287 e. The zero-order chi connectivity index (χ0) is 15.3. The van der Waals surface area contributed by atoms with Gasteiger partial charge in [-0.1, -0.05) is 17.4 Å². The highest BCUT2D eigenvalue weighted by Gasteiger charge is 2.55. The van der Waals surface area contributed by atoms with Crippen molar-refractivity contribution in [3.05, 3.63) is 30.1 Å². The van der Waals surface area contributed by atoms with Crippen LogP contribution in [0.5, 0.6) is 0 Å². The first-order valence-corrected chi connectivity index (χ1v) is 8.56. The Morgan fingerprint density at radius 1 is 1.33 bits per heavy atom. The van der Waals surface area contributed by atoms with Crippen molar-refractivity contribution in [3.63, 3.8) is 0 Å². The maximum Gasteiger partial charge on any atom is 0.287 e. The Balaban J connectivity index is 2.04. The van der Waals surface area contributed by atoms with Gasteiger partial charge in [0.1, 0.15) is 0 Å². The average Bonchev–Trinajstić information content (AvgIpc) is 3.12. The van der Waals surface area contributed by atoms with Crippen molar-refractivity contribution < 1.29 is 13.0 Å². The van der Waals surface area contributed by atoms with E-state index in [1.165, 1.54) is 0 Å². The van der Waals surface area contributed by atoms with Gasteiger partial charge in [-0.2, -0.15) is 9.95 Å². The summed E-state index contributed by atoms with van der Waals surface area (Å²) in [6.07, 6.45) is 2.78. The van der Waals surface area contributed by atoms with E-state index >= 15 is 0 Å². The van der Waals surface area contributed by atoms with E-state index in [1.54, 1.807) is 0 Å². The molecule has 1 heterocycles. The molecule has 1 aliphatic carbocycles. The molecule has 21 heavy (non-hydrogen) atoms. The van der Waals surface area contributed by atoms with Gasteiger partial charge in [-0.3, -0.25) is 0 Å². The minimum absolute atomic E-state index is 0.430. The van der Waals surface area contributed by atoms with E-state index in [0.717, 1.165) is 36.0 Å². The number of imidazole rings is 1. The van der Waals surface area contributed by atoms with Crippen molar-refractivity contribution >= 4 is 21.1 Å². The SMILES string of the molecule is Cn1c(C2(N=NNS(C)(=O)=O)CC2)[n+](C)c2ccccc21. The predicted octanol–water partition coefficient (Wildman–Crippen LogP) is 0.908. The lowest BCUT2D eigenvalue weighted by atomic mass is 10.2. The Labute approximate surface area is 123 Å². The van der Waals surface area contributed by atoms with E-state index in [-0.39, 0.29) is 0 Å². The summed E-state index contributed by atoms with van der Waals surface area (Å²) in [6.45, 7) is 0. The molecular weight excluding hydrogens is 290 g/mol. The molecule has 112 valence electrons. The molecule has 0 saturated heterocycles. The topological polar surface area (TPSA) is 79.7 Å². The Morgan fingerprint density at radius 3 is 2.57 bits per heavy atom. The van der Waals surface area contributed by atoms with E-state index < -0.39 is 15.6 Å². The number of hydrogen-bond acceptors (Lipinski definition) is 4. The van der Waals surface area contributed by atoms with E-state index in [4.69, 9.17) is 0 Å². The molecule has 8 heteroatoms. The standard InChI is InChI=1S/C13H18N5O2S/c1-17-10-6-4-5-7-11(10)18(2)12(17)13(8-9-13)14-15-16-21(3,19)20/h4-7H,8-9H2,1-3H3,(H,14,16)/q+1. The highest BCUT2D eigenvalue weighted by molar-refractivity contribution is 7.88. The lowest BCUT2D eigenvalue weighted by molar-refractivity contribution is -0.656. The Bertz CT molecular complexity index is 795. The zero-order valence-corrected chi connectivity index (χ0v) is 13.1. The second kappa shape index (κ2) is 4.52. The summed E-state index contributed by atoms with van der Waals surface area (Å²) in [5.41, 5.74) is 1.81. The molecule has 0 aliphatic heterocycles. The Morgan fingerprint density at radius 2 is 2.00 bits per heavy atom. The predicted molar refractivity (Wildman–Crippen MR) is 77.8 cm³/mol. The average molecular weight is 308 g/mol. The van der Waals surface area contributed by atoms with Gasteiger partial charge >= 0.3 is 0 Å². The molecule has 2 aromatic rings. The first-order valence-electron chi connectivity index (χ1n) is 6.67. The van der Waals surface area contributed by atoms with Crippen LogP contribution in [-0.2, 0) is 29.7 Å². The number of fused-ring (bicyclic) bond motifs is 1. The van der Waals surface area contributed by atoms with Crippen molar-refractivity contribution in [3.8, 4) is 0 Å². The van der Waals surface area contributed by atoms with Crippen LogP contribution < -0.4 is 9.40 Å². The van der Waals surface area contributed by atoms with Gasteiger partial charge in [0, 0.05) is 0 Å². The third-order valence-electron chi connectivity index (χ3n) is 3.83. The molecule has 1 aromatic carbocycles. The highest BCUT2D eigenvalue weighted by Crippen LogP contribution is 2.48. The summed E-state index contributed by atoms with van der Waals surface area (Å²) in [5, 5.41) is 7.90. The van der Waals surface area contributed by atoms with Crippen LogP contribution in [0.1, 0.15) is 18.7 Å². The molecule has 1 aliphatic rings. The quantitative estimate of drug-likeness (QED) is 0.517. The molecule has 1 fully saturated rings. The van der Waals surface area contributed by atoms with Crippen LogP contribution in [0.15, 0.2) is 34.6 Å². The summed E-state index contributed by atoms with van der Waals surface area (Å²) in [6, 6.07) is 8.11. The first kappa shape index (κ1) is 14.0. The van der Waals surface area contributed by atoms with Crippen molar-refractivity contribution in [1.82, 2.24) is 9.40 Å². The summed E-state index contributed by atoms with van der Waals surface area (Å²) in [5.74, 6) is 1.03. The van der Waals surface area contributed by atoms with Crippen LogP contribution in [0.3, 0.4) is 0 Å². The van der Waals surface area contributed by atoms with Crippen LogP contribution in [0.2, 0.25) is 0 Å². The lowest BCUT2D eigenvalue weighted by Gasteiger charge is -2.05. The smallest absolute Gasteiger partial charge is 0.228 e. The van der Waals surface area contributed by atoms with Gasteiger partial charge in [-0.25, -0.2) is 17.6 Å². The summed E-state index contributed by atoms with van der Waals surface area (Å²) < 4.78 is 26.3. The van der Waals surface area contributed by atoms with E-state index in [9.17, 15) is 8.42 Å². The number of nitrogens with one attached hydrogen (secondary N) is 1. The molecule has 0 atom stereocenters. The lowest BCUT2D eigenvalue weighted by Crippen LogP contribution is -2.37. The minimum Gasteiger partial charge on any atom is -0.228 e. The fourth-order valence-corrected chi connectivity index (χ4v) is 2.98. The molecule has 0 unspecified atom stereocenters. The monoisotopic (exact) mass is 308 g/mol. The second-order valence-corrected chi connectivity index (χ2v) is 7.25. The van der Waals surface area contributed by atoms with Crippen molar-refractivity contribution in [2.75, 3.05) is 6.26 Å². The molecule has 7 nitrogen and oxygen atoms in total. The van der Waals surface area contributed by atoms with Gasteiger partial charge in [0.2, 0.25) is 10.0 Å². The summed E-state index contributed by atoms with van der Waals surface area (Å²) in [4.78, 5) is 2.07. The number of aryl methyl sites for hydroxylation is 2. The van der Waals surface area contributed by atoms with Crippen LogP contribution in [-0.4, -0.2) is 19.2 Å². The van der Waals surface area contributed by atoms with Gasteiger partial charge in [0.05, 0.1) is 20.4 Å². The van der Waals surface area contributed by atoms with Gasteiger partial charge < -0.3 is 0 Å². The fourth-order valence-electron chi connectivity index (χ4n) is 2.79. The van der Waals surface area contributed by atoms with Crippen molar-refractivity contribution in [1.29, 1.82) is 0 Å². The molecule has 0 radical (unpaired) electrons. The molecule has 1 aromatic heterocycles. The van der Waals surface area contributed by atoms with Crippen LogP contribution in [0, 0.1) is 0 Å². The number of benzene rings is 1. The van der Waals surface area contributed by atoms with E-state index in [1.807, 2.05) is 26.2 Å². The second-order valence-electron chi connectivity index (χ2n) is 5.53. The number of para-hydroxylation sites is 2. The van der Waals surface area contributed by atoms with E-state index in [0.29, 0.717) is 0 Å². The van der Waals surface area contributed by atoms with Crippen LogP contribution in [0.25, 0.3) is 11.0 Å². The van der Waals surface area contributed by atoms with Crippen molar-refractivity contribution in [2.45, 2.75) is 18.4 Å². The molecule has 1 N–H and O–H groups in total. The molecule has 0 bridgehead atoms. The van der Waals surface area contributed by atoms with Gasteiger partial charge in [-0.05, 0) is 25.0 Å². The fraction of sp³-hybridized carbons (Fsp3) is 0.462. The summed E-state index contributed by atoms with van der Waals surface area (Å²) in [7, 11) is 0.625. The molecule has 0 spiro atoms. The third-order valence-corrected chi connectivity index (χ3v) is 4.24. The number of sulfonamides is 1. The maximum absolute atomic E-state index is 11.1. The number of hydrogen-bond donors (Lipinski definition) is 1. The van der Waals surface area contributed by atoms with Crippen LogP contribution >= 0.6 is 0 Å². The van der Waals surface area contributed by atoms with E-state index in [2.05, 4.69) is 36.4 Å². The highest BCUT2D eigenvalue weighted by atomic mass is 32.2. The normalized spacial score (nSPS) is 17.5. The minimum atomic E-state index is -3.37. The van der Waals surface area contributed by atoms with Crippen LogP contribution in [0.4, 0.5) is 0 Å². The molecular formula is C13H18N5O2S+. The molecule has 0 amide bonds. The number of nitrogens with zero attached hydrogens (tertiary/aromatic N) is 4. The van der Waals surface area contributed by atoms with Gasteiger partial charge in [0.25, 0.3) is 5.82 Å². The first-order chi connectivity index (χ1) is 9.84. The maximum atomic E-state index is 11.1.